The lowest BCUT2D eigenvalue weighted by Gasteiger charge is -2.11. The molecule has 0 unspecified atom stereocenters. The molecule has 3 aromatic rings. The zero-order valence-corrected chi connectivity index (χ0v) is 15.0. The normalized spacial score (nSPS) is 10.2. The van der Waals surface area contributed by atoms with Crippen molar-refractivity contribution in [2.45, 2.75) is 6.92 Å². The number of carbonyl (C=O) groups is 2. The van der Waals surface area contributed by atoms with Crippen LogP contribution in [0.5, 0.6) is 0 Å². The minimum atomic E-state index is -0.589. The van der Waals surface area contributed by atoms with Crippen LogP contribution in [0.3, 0.4) is 0 Å². The summed E-state index contributed by atoms with van der Waals surface area (Å²) in [7, 11) is 0. The first-order valence-electron chi connectivity index (χ1n) is 8.50. The number of carbonyl (C=O) groups excluding carboxylic acids is 2. The molecule has 0 saturated carbocycles. The molecule has 1 aromatic heterocycles. The van der Waals surface area contributed by atoms with Crippen molar-refractivity contribution >= 4 is 29.2 Å². The van der Waals surface area contributed by atoms with Crippen LogP contribution in [0.25, 0.3) is 0 Å². The van der Waals surface area contributed by atoms with Gasteiger partial charge in [0.05, 0.1) is 23.5 Å². The monoisotopic (exact) mass is 380 g/mol. The van der Waals surface area contributed by atoms with Crippen LogP contribution >= 0.6 is 0 Å². The maximum absolute atomic E-state index is 13.7. The van der Waals surface area contributed by atoms with Crippen LogP contribution in [-0.2, 0) is 4.74 Å². The molecule has 7 nitrogen and oxygen atoms in total. The number of nitrogens with one attached hydrogen (secondary N) is 2. The minimum absolute atomic E-state index is 0.0365. The van der Waals surface area contributed by atoms with E-state index in [1.807, 2.05) is 0 Å². The third-order valence-electron chi connectivity index (χ3n) is 3.68. The molecule has 28 heavy (non-hydrogen) atoms. The molecule has 0 spiro atoms. The molecule has 142 valence electrons. The number of hydrogen-bond acceptors (Lipinski definition) is 6. The highest BCUT2D eigenvalue weighted by atomic mass is 19.1. The van der Waals surface area contributed by atoms with Gasteiger partial charge in [0.25, 0.3) is 5.91 Å². The first-order chi connectivity index (χ1) is 13.6. The molecule has 2 aromatic carbocycles. The Morgan fingerprint density at radius 1 is 1.04 bits per heavy atom. The Labute approximate surface area is 160 Å². The van der Waals surface area contributed by atoms with Crippen LogP contribution in [0.2, 0.25) is 0 Å². The van der Waals surface area contributed by atoms with Gasteiger partial charge in [-0.2, -0.15) is 0 Å². The molecule has 0 saturated heterocycles. The molecular formula is C20H17FN4O3. The number of para-hydroxylation sites is 2. The molecule has 8 heteroatoms. The van der Waals surface area contributed by atoms with Crippen molar-refractivity contribution in [2.24, 2.45) is 0 Å². The highest BCUT2D eigenvalue weighted by Gasteiger charge is 2.15. The largest absolute Gasteiger partial charge is 0.462 e. The third-order valence-corrected chi connectivity index (χ3v) is 3.68. The van der Waals surface area contributed by atoms with Gasteiger partial charge in [0.1, 0.15) is 11.5 Å². The van der Waals surface area contributed by atoms with Crippen molar-refractivity contribution in [1.29, 1.82) is 0 Å². The van der Waals surface area contributed by atoms with Crippen molar-refractivity contribution in [3.8, 4) is 0 Å². The van der Waals surface area contributed by atoms with Gasteiger partial charge in [-0.05, 0) is 37.3 Å². The predicted octanol–water partition coefficient (Wildman–Crippen LogP) is 3.79. The number of anilines is 3. The summed E-state index contributed by atoms with van der Waals surface area (Å²) in [5.74, 6) is -1.52. The van der Waals surface area contributed by atoms with Gasteiger partial charge in [0, 0.05) is 6.20 Å². The fourth-order valence-corrected chi connectivity index (χ4v) is 2.39. The minimum Gasteiger partial charge on any atom is -0.462 e. The van der Waals surface area contributed by atoms with E-state index in [9.17, 15) is 14.0 Å². The van der Waals surface area contributed by atoms with Crippen molar-refractivity contribution in [1.82, 2.24) is 9.97 Å². The first kappa shape index (κ1) is 19.0. The van der Waals surface area contributed by atoms with E-state index in [1.54, 1.807) is 37.3 Å². The van der Waals surface area contributed by atoms with E-state index in [1.165, 1.54) is 30.5 Å². The first-order valence-corrected chi connectivity index (χ1v) is 8.50. The molecule has 0 bridgehead atoms. The molecule has 0 fully saturated rings. The number of nitrogens with zero attached hydrogens (tertiary/aromatic N) is 2. The second-order valence-corrected chi connectivity index (χ2v) is 5.59. The number of aromatic nitrogens is 2. The molecule has 2 N–H and O–H groups in total. The lowest BCUT2D eigenvalue weighted by molar-refractivity contribution is 0.0527. The van der Waals surface area contributed by atoms with E-state index in [0.717, 1.165) is 0 Å². The smallest absolute Gasteiger partial charge is 0.340 e. The summed E-state index contributed by atoms with van der Waals surface area (Å²) in [5, 5.41) is 5.36. The molecule has 1 amide bonds. The van der Waals surface area contributed by atoms with Crippen LogP contribution in [0.1, 0.15) is 27.8 Å². The Kier molecular flexibility index (Phi) is 5.91. The van der Waals surface area contributed by atoms with Crippen molar-refractivity contribution in [2.75, 3.05) is 17.2 Å². The van der Waals surface area contributed by atoms with E-state index in [-0.39, 0.29) is 23.9 Å². The number of rotatable bonds is 6. The predicted molar refractivity (Wildman–Crippen MR) is 102 cm³/mol. The summed E-state index contributed by atoms with van der Waals surface area (Å²) in [4.78, 5) is 32.6. The number of esters is 1. The Morgan fingerprint density at radius 3 is 2.50 bits per heavy atom. The highest BCUT2D eigenvalue weighted by molar-refractivity contribution is 6.03. The van der Waals surface area contributed by atoms with E-state index >= 15 is 0 Å². The quantitative estimate of drug-likeness (QED) is 0.632. The summed E-state index contributed by atoms with van der Waals surface area (Å²) in [6, 6.07) is 13.9. The van der Waals surface area contributed by atoms with Crippen molar-refractivity contribution < 1.29 is 18.7 Å². The maximum Gasteiger partial charge on any atom is 0.340 e. The van der Waals surface area contributed by atoms with Gasteiger partial charge in [-0.15, -0.1) is 0 Å². The molecule has 0 aliphatic carbocycles. The Balaban J connectivity index is 1.80. The molecule has 0 atom stereocenters. The zero-order valence-electron chi connectivity index (χ0n) is 15.0. The molecule has 0 aliphatic rings. The summed E-state index contributed by atoms with van der Waals surface area (Å²) in [6.07, 6.45) is 1.39. The van der Waals surface area contributed by atoms with Gasteiger partial charge in [0.2, 0.25) is 5.95 Å². The maximum atomic E-state index is 13.7. The number of halogens is 1. The van der Waals surface area contributed by atoms with E-state index in [2.05, 4.69) is 20.6 Å². The Bertz CT molecular complexity index is 1010. The van der Waals surface area contributed by atoms with Gasteiger partial charge in [-0.25, -0.2) is 19.2 Å². The number of ether oxygens (including phenoxy) is 1. The van der Waals surface area contributed by atoms with Crippen LogP contribution < -0.4 is 10.6 Å². The van der Waals surface area contributed by atoms with E-state index < -0.39 is 17.7 Å². The van der Waals surface area contributed by atoms with Crippen molar-refractivity contribution in [3.05, 3.63) is 77.9 Å². The summed E-state index contributed by atoms with van der Waals surface area (Å²) >= 11 is 0. The summed E-state index contributed by atoms with van der Waals surface area (Å²) < 4.78 is 18.7. The lowest BCUT2D eigenvalue weighted by atomic mass is 10.2. The summed E-state index contributed by atoms with van der Waals surface area (Å²) in [6.45, 7) is 1.96. The second kappa shape index (κ2) is 8.72. The van der Waals surface area contributed by atoms with Crippen molar-refractivity contribution in [3.63, 3.8) is 0 Å². The van der Waals surface area contributed by atoms with E-state index in [0.29, 0.717) is 11.3 Å². The van der Waals surface area contributed by atoms with Gasteiger partial charge < -0.3 is 15.4 Å². The summed E-state index contributed by atoms with van der Waals surface area (Å²) in [5.41, 5.74) is 0.837. The number of benzene rings is 2. The molecule has 0 aliphatic heterocycles. The van der Waals surface area contributed by atoms with Crippen LogP contribution in [0.4, 0.5) is 21.7 Å². The van der Waals surface area contributed by atoms with Gasteiger partial charge >= 0.3 is 5.97 Å². The van der Waals surface area contributed by atoms with Crippen LogP contribution in [0.15, 0.2) is 60.8 Å². The Morgan fingerprint density at radius 2 is 1.75 bits per heavy atom. The molecule has 3 rings (SSSR count). The Hall–Kier alpha value is -3.81. The van der Waals surface area contributed by atoms with Crippen LogP contribution in [0, 0.1) is 5.82 Å². The number of amides is 1. The molecule has 0 radical (unpaired) electrons. The van der Waals surface area contributed by atoms with E-state index in [4.69, 9.17) is 4.74 Å². The average Bonchev–Trinajstić information content (AvgIpc) is 2.70. The average molecular weight is 380 g/mol. The topological polar surface area (TPSA) is 93.2 Å². The SMILES string of the molecule is CCOC(=O)c1ccccc1Nc1nccc(C(=O)Nc2ccccc2F)n1. The second-order valence-electron chi connectivity index (χ2n) is 5.59. The van der Waals surface area contributed by atoms with Gasteiger partial charge in [-0.3, -0.25) is 4.79 Å². The zero-order chi connectivity index (χ0) is 19.9. The van der Waals surface area contributed by atoms with Gasteiger partial charge in [0.15, 0.2) is 0 Å². The molecular weight excluding hydrogens is 363 g/mol. The van der Waals surface area contributed by atoms with Crippen LogP contribution in [-0.4, -0.2) is 28.5 Å². The van der Waals surface area contributed by atoms with Gasteiger partial charge in [-0.1, -0.05) is 24.3 Å². The molecule has 1 heterocycles. The lowest BCUT2D eigenvalue weighted by Crippen LogP contribution is -2.16. The third kappa shape index (κ3) is 4.47. The highest BCUT2D eigenvalue weighted by Crippen LogP contribution is 2.20. The number of hydrogen-bond donors (Lipinski definition) is 2. The fraction of sp³-hybridized carbons (Fsp3) is 0.100. The fourth-order valence-electron chi connectivity index (χ4n) is 2.39. The standard InChI is InChI=1S/C20H17FN4O3/c1-2-28-19(27)13-7-3-5-9-15(13)24-20-22-12-11-17(25-20)18(26)23-16-10-6-4-8-14(16)21/h3-12H,2H2,1H3,(H,23,26)(H,22,24,25).